The van der Waals surface area contributed by atoms with Gasteiger partial charge >= 0.3 is 0 Å². The zero-order valence-electron chi connectivity index (χ0n) is 12.0. The van der Waals surface area contributed by atoms with Gasteiger partial charge in [-0.3, -0.25) is 4.79 Å². The molecule has 0 spiro atoms. The largest absolute Gasteiger partial charge is 0.409 e. The molecule has 5 nitrogen and oxygen atoms in total. The van der Waals surface area contributed by atoms with Crippen LogP contribution in [-0.4, -0.2) is 34.9 Å². The summed E-state index contributed by atoms with van der Waals surface area (Å²) in [5.41, 5.74) is 6.02. The molecule has 0 bridgehead atoms. The van der Waals surface area contributed by atoms with Crippen LogP contribution in [0.3, 0.4) is 0 Å². The maximum absolute atomic E-state index is 12.6. The number of oxime groups is 1. The zero-order chi connectivity index (χ0) is 16.0. The Kier molecular flexibility index (Phi) is 6.98. The molecule has 21 heavy (non-hydrogen) atoms. The van der Waals surface area contributed by atoms with Crippen molar-refractivity contribution in [2.24, 2.45) is 16.8 Å². The third-order valence-corrected chi connectivity index (χ3v) is 3.69. The van der Waals surface area contributed by atoms with E-state index in [-0.39, 0.29) is 11.7 Å². The molecule has 0 saturated heterocycles. The standard InChI is InChI=1S/C14H19BrClN3O2/c1-9(2)8-19(6-5-13(17)18-21)14(20)11-4-3-10(16)7-12(11)15/h3-4,7,9,21H,5-6,8H2,1-2H3,(H2,17,18). The van der Waals surface area contributed by atoms with E-state index in [1.807, 2.05) is 13.8 Å². The van der Waals surface area contributed by atoms with Crippen molar-refractivity contribution in [3.63, 3.8) is 0 Å². The topological polar surface area (TPSA) is 78.9 Å². The molecule has 0 aliphatic rings. The first-order valence-corrected chi connectivity index (χ1v) is 7.73. The number of halogens is 2. The summed E-state index contributed by atoms with van der Waals surface area (Å²) in [6.07, 6.45) is 0.320. The smallest absolute Gasteiger partial charge is 0.255 e. The third kappa shape index (κ3) is 5.55. The van der Waals surface area contributed by atoms with Gasteiger partial charge in [0, 0.05) is 29.0 Å². The second kappa shape index (κ2) is 8.24. The molecule has 7 heteroatoms. The molecule has 1 aromatic rings. The van der Waals surface area contributed by atoms with Crippen molar-refractivity contribution in [2.75, 3.05) is 13.1 Å². The van der Waals surface area contributed by atoms with Crippen molar-refractivity contribution < 1.29 is 10.0 Å². The number of amidine groups is 1. The monoisotopic (exact) mass is 375 g/mol. The highest BCUT2D eigenvalue weighted by Gasteiger charge is 2.19. The lowest BCUT2D eigenvalue weighted by molar-refractivity contribution is 0.0739. The van der Waals surface area contributed by atoms with E-state index >= 15 is 0 Å². The first-order chi connectivity index (χ1) is 9.85. The third-order valence-electron chi connectivity index (χ3n) is 2.80. The van der Waals surface area contributed by atoms with Crippen LogP contribution in [0.15, 0.2) is 27.8 Å². The predicted molar refractivity (Wildman–Crippen MR) is 87.9 cm³/mol. The van der Waals surface area contributed by atoms with E-state index in [2.05, 4.69) is 21.1 Å². The first-order valence-electron chi connectivity index (χ1n) is 6.55. The van der Waals surface area contributed by atoms with Crippen LogP contribution in [0.5, 0.6) is 0 Å². The summed E-state index contributed by atoms with van der Waals surface area (Å²) in [5, 5.41) is 12.1. The number of nitrogens with two attached hydrogens (primary N) is 1. The Morgan fingerprint density at radius 2 is 2.19 bits per heavy atom. The van der Waals surface area contributed by atoms with Crippen molar-refractivity contribution >= 4 is 39.3 Å². The van der Waals surface area contributed by atoms with Gasteiger partial charge in [-0.25, -0.2) is 0 Å². The summed E-state index contributed by atoms with van der Waals surface area (Å²) in [6, 6.07) is 5.05. The summed E-state index contributed by atoms with van der Waals surface area (Å²) < 4.78 is 0.651. The Morgan fingerprint density at radius 3 is 2.71 bits per heavy atom. The second-order valence-corrected chi connectivity index (χ2v) is 6.40. The van der Waals surface area contributed by atoms with Crippen LogP contribution in [0.25, 0.3) is 0 Å². The molecule has 1 rings (SSSR count). The van der Waals surface area contributed by atoms with Crippen molar-refractivity contribution in [1.29, 1.82) is 0 Å². The SMILES string of the molecule is CC(C)CN(CC/C(N)=N/O)C(=O)c1ccc(Cl)cc1Br. The average Bonchev–Trinajstić information content (AvgIpc) is 2.42. The Balaban J connectivity index is 2.93. The van der Waals surface area contributed by atoms with Gasteiger partial charge in [0.15, 0.2) is 0 Å². The summed E-state index contributed by atoms with van der Waals surface area (Å²) in [5.74, 6) is 0.303. The molecule has 1 amide bonds. The zero-order valence-corrected chi connectivity index (χ0v) is 14.4. The highest BCUT2D eigenvalue weighted by atomic mass is 79.9. The van der Waals surface area contributed by atoms with Gasteiger partial charge in [-0.2, -0.15) is 0 Å². The number of nitrogens with zero attached hydrogens (tertiary/aromatic N) is 2. The predicted octanol–water partition coefficient (Wildman–Crippen LogP) is 3.34. The molecule has 0 atom stereocenters. The van der Waals surface area contributed by atoms with E-state index < -0.39 is 0 Å². The molecular formula is C14H19BrClN3O2. The van der Waals surface area contributed by atoms with Gasteiger partial charge in [0.1, 0.15) is 5.84 Å². The van der Waals surface area contributed by atoms with Crippen molar-refractivity contribution in [3.05, 3.63) is 33.3 Å². The molecule has 0 aromatic heterocycles. The lowest BCUT2D eigenvalue weighted by Crippen LogP contribution is -2.37. The molecule has 0 heterocycles. The highest BCUT2D eigenvalue weighted by molar-refractivity contribution is 9.10. The Hall–Kier alpha value is -1.27. The fraction of sp³-hybridized carbons (Fsp3) is 0.429. The van der Waals surface area contributed by atoms with E-state index in [1.54, 1.807) is 23.1 Å². The summed E-state index contributed by atoms with van der Waals surface area (Å²) >= 11 is 9.25. The normalized spacial score (nSPS) is 11.8. The Labute approximate surface area is 137 Å². The molecule has 0 unspecified atom stereocenters. The average molecular weight is 377 g/mol. The van der Waals surface area contributed by atoms with E-state index in [4.69, 9.17) is 22.5 Å². The van der Waals surface area contributed by atoms with Crippen LogP contribution in [0.1, 0.15) is 30.6 Å². The van der Waals surface area contributed by atoms with Gasteiger partial charge in [-0.05, 0) is 40.0 Å². The van der Waals surface area contributed by atoms with Crippen LogP contribution in [0.2, 0.25) is 5.02 Å². The number of carbonyl (C=O) groups excluding carboxylic acids is 1. The summed E-state index contributed by atoms with van der Waals surface area (Å²) in [6.45, 7) is 5.04. The lowest BCUT2D eigenvalue weighted by atomic mass is 10.1. The Bertz CT molecular complexity index is 535. The number of rotatable bonds is 6. The van der Waals surface area contributed by atoms with Crippen LogP contribution in [-0.2, 0) is 0 Å². The summed E-state index contributed by atoms with van der Waals surface area (Å²) in [4.78, 5) is 14.3. The van der Waals surface area contributed by atoms with E-state index in [0.717, 1.165) is 0 Å². The van der Waals surface area contributed by atoms with Crippen LogP contribution in [0, 0.1) is 5.92 Å². The summed E-state index contributed by atoms with van der Waals surface area (Å²) in [7, 11) is 0. The fourth-order valence-corrected chi connectivity index (χ4v) is 2.70. The van der Waals surface area contributed by atoms with Gasteiger partial charge in [-0.15, -0.1) is 0 Å². The van der Waals surface area contributed by atoms with Gasteiger partial charge < -0.3 is 15.8 Å². The maximum Gasteiger partial charge on any atom is 0.255 e. The number of hydrogen-bond acceptors (Lipinski definition) is 3. The van der Waals surface area contributed by atoms with Crippen LogP contribution >= 0.6 is 27.5 Å². The maximum atomic E-state index is 12.6. The van der Waals surface area contributed by atoms with Gasteiger partial charge in [0.25, 0.3) is 5.91 Å². The number of amides is 1. The number of benzene rings is 1. The second-order valence-electron chi connectivity index (χ2n) is 5.11. The van der Waals surface area contributed by atoms with E-state index in [1.165, 1.54) is 0 Å². The number of hydrogen-bond donors (Lipinski definition) is 2. The van der Waals surface area contributed by atoms with Gasteiger partial charge in [0.2, 0.25) is 0 Å². The molecule has 0 saturated carbocycles. The molecule has 0 aliphatic carbocycles. The van der Waals surface area contributed by atoms with Gasteiger partial charge in [-0.1, -0.05) is 30.6 Å². The van der Waals surface area contributed by atoms with Gasteiger partial charge in [0.05, 0.1) is 5.56 Å². The molecule has 116 valence electrons. The van der Waals surface area contributed by atoms with E-state index in [9.17, 15) is 4.79 Å². The lowest BCUT2D eigenvalue weighted by Gasteiger charge is -2.25. The fourth-order valence-electron chi connectivity index (χ4n) is 1.85. The van der Waals surface area contributed by atoms with Crippen molar-refractivity contribution in [1.82, 2.24) is 4.90 Å². The minimum atomic E-state index is -0.113. The minimum Gasteiger partial charge on any atom is -0.409 e. The molecule has 0 aliphatic heterocycles. The Morgan fingerprint density at radius 1 is 1.52 bits per heavy atom. The first kappa shape index (κ1) is 17.8. The minimum absolute atomic E-state index is 0.103. The van der Waals surface area contributed by atoms with Crippen LogP contribution < -0.4 is 5.73 Å². The molecule has 0 fully saturated rings. The molecule has 0 radical (unpaired) electrons. The quantitative estimate of drug-likeness (QED) is 0.346. The van der Waals surface area contributed by atoms with Crippen molar-refractivity contribution in [3.8, 4) is 0 Å². The molecule has 3 N–H and O–H groups in total. The number of carbonyl (C=O) groups is 1. The van der Waals surface area contributed by atoms with Crippen LogP contribution in [0.4, 0.5) is 0 Å². The molecule has 1 aromatic carbocycles. The highest BCUT2D eigenvalue weighted by Crippen LogP contribution is 2.23. The van der Waals surface area contributed by atoms with E-state index in [0.29, 0.717) is 40.5 Å². The molecular weight excluding hydrogens is 358 g/mol. The van der Waals surface area contributed by atoms with Crippen molar-refractivity contribution in [2.45, 2.75) is 20.3 Å².